The molecule has 0 saturated heterocycles. The van der Waals surface area contributed by atoms with E-state index in [4.69, 9.17) is 0 Å². The summed E-state index contributed by atoms with van der Waals surface area (Å²) in [7, 11) is -3.18. The summed E-state index contributed by atoms with van der Waals surface area (Å²) in [6.07, 6.45) is 4.09. The van der Waals surface area contributed by atoms with E-state index in [1.165, 1.54) is 0 Å². The highest BCUT2D eigenvalue weighted by Gasteiger charge is 2.21. The van der Waals surface area contributed by atoms with Crippen LogP contribution in [0.15, 0.2) is 0 Å². The van der Waals surface area contributed by atoms with E-state index in [-0.39, 0.29) is 11.3 Å². The Balaban J connectivity index is 4.07. The summed E-state index contributed by atoms with van der Waals surface area (Å²) in [5.74, 6) is 0. The summed E-state index contributed by atoms with van der Waals surface area (Å²) in [6.45, 7) is 9.24. The van der Waals surface area contributed by atoms with E-state index in [0.717, 1.165) is 32.2 Å². The molecule has 0 aromatic carbocycles. The molecule has 0 bridgehead atoms. The zero-order chi connectivity index (χ0) is 13.3. The van der Waals surface area contributed by atoms with E-state index in [2.05, 4.69) is 23.9 Å². The third kappa shape index (κ3) is 7.73. The molecule has 17 heavy (non-hydrogen) atoms. The lowest BCUT2D eigenvalue weighted by Crippen LogP contribution is -2.42. The quantitative estimate of drug-likeness (QED) is 0.592. The second-order valence-corrected chi connectivity index (χ2v) is 6.85. The predicted octanol–water partition coefficient (Wildman–Crippen LogP) is 1.87. The molecule has 104 valence electrons. The Morgan fingerprint density at radius 2 is 1.76 bits per heavy atom. The van der Waals surface area contributed by atoms with Crippen LogP contribution in [0.3, 0.4) is 0 Å². The third-order valence-corrected chi connectivity index (χ3v) is 4.70. The highest BCUT2D eigenvalue weighted by molar-refractivity contribution is 7.90. The Hall–Kier alpha value is -0.130. The summed E-state index contributed by atoms with van der Waals surface area (Å²) >= 11 is 0. The zero-order valence-corrected chi connectivity index (χ0v) is 12.4. The van der Waals surface area contributed by atoms with Gasteiger partial charge in [-0.2, -0.15) is 0 Å². The van der Waals surface area contributed by atoms with Gasteiger partial charge < -0.3 is 5.32 Å². The van der Waals surface area contributed by atoms with Crippen LogP contribution < -0.4 is 10.0 Å². The van der Waals surface area contributed by atoms with E-state index in [0.29, 0.717) is 6.54 Å². The van der Waals surface area contributed by atoms with Gasteiger partial charge in [0.2, 0.25) is 10.0 Å². The van der Waals surface area contributed by atoms with E-state index in [1.807, 2.05) is 6.92 Å². The first-order chi connectivity index (χ1) is 7.94. The van der Waals surface area contributed by atoms with Crippen molar-refractivity contribution in [3.63, 3.8) is 0 Å². The molecule has 0 amide bonds. The van der Waals surface area contributed by atoms with Crippen LogP contribution in [-0.4, -0.2) is 32.8 Å². The van der Waals surface area contributed by atoms with Gasteiger partial charge in [-0.1, -0.05) is 26.7 Å². The van der Waals surface area contributed by atoms with Gasteiger partial charge in [0.1, 0.15) is 0 Å². The lowest BCUT2D eigenvalue weighted by molar-refractivity contribution is 0.520. The van der Waals surface area contributed by atoms with Gasteiger partial charge in [-0.05, 0) is 33.2 Å². The van der Waals surface area contributed by atoms with E-state index in [9.17, 15) is 8.42 Å². The highest BCUT2D eigenvalue weighted by atomic mass is 32.2. The fourth-order valence-corrected chi connectivity index (χ4v) is 2.81. The number of sulfonamides is 1. The lowest BCUT2D eigenvalue weighted by Gasteiger charge is -2.18. The van der Waals surface area contributed by atoms with Gasteiger partial charge in [0.05, 0.1) is 5.25 Å². The van der Waals surface area contributed by atoms with E-state index < -0.39 is 10.0 Å². The van der Waals surface area contributed by atoms with Gasteiger partial charge in [-0.3, -0.25) is 0 Å². The first-order valence-electron chi connectivity index (χ1n) is 6.65. The van der Waals surface area contributed by atoms with Crippen molar-refractivity contribution in [2.75, 3.05) is 13.1 Å². The zero-order valence-electron chi connectivity index (χ0n) is 11.6. The molecule has 0 aliphatic carbocycles. The fourth-order valence-electron chi connectivity index (χ4n) is 1.56. The Morgan fingerprint density at radius 3 is 2.29 bits per heavy atom. The molecule has 5 heteroatoms. The number of nitrogens with one attached hydrogen (secondary N) is 2. The van der Waals surface area contributed by atoms with Crippen LogP contribution in [0.1, 0.15) is 53.4 Å². The van der Waals surface area contributed by atoms with Crippen LogP contribution in [0.2, 0.25) is 0 Å². The van der Waals surface area contributed by atoms with Crippen LogP contribution in [0.5, 0.6) is 0 Å². The lowest BCUT2D eigenvalue weighted by atomic mass is 10.2. The summed E-state index contributed by atoms with van der Waals surface area (Å²) < 4.78 is 26.6. The monoisotopic (exact) mass is 264 g/mol. The first-order valence-corrected chi connectivity index (χ1v) is 8.20. The molecule has 0 saturated carbocycles. The summed E-state index contributed by atoms with van der Waals surface area (Å²) in [5.41, 5.74) is 0. The molecule has 0 aromatic heterocycles. The van der Waals surface area contributed by atoms with Crippen LogP contribution >= 0.6 is 0 Å². The normalized spacial score (nSPS) is 15.8. The maximum Gasteiger partial charge on any atom is 0.215 e. The largest absolute Gasteiger partial charge is 0.315 e. The minimum Gasteiger partial charge on any atom is -0.315 e. The second kappa shape index (κ2) is 8.89. The molecule has 0 radical (unpaired) electrons. The fraction of sp³-hybridized carbons (Fsp3) is 1.00. The van der Waals surface area contributed by atoms with Gasteiger partial charge in [0.15, 0.2) is 0 Å². The molecule has 0 rings (SSSR count). The highest BCUT2D eigenvalue weighted by Crippen LogP contribution is 2.04. The maximum atomic E-state index is 11.9. The minimum absolute atomic E-state index is 0.0357. The maximum absolute atomic E-state index is 11.9. The average Bonchev–Trinajstić information content (AvgIpc) is 2.26. The van der Waals surface area contributed by atoms with E-state index in [1.54, 1.807) is 6.92 Å². The third-order valence-electron chi connectivity index (χ3n) is 2.74. The van der Waals surface area contributed by atoms with Crippen molar-refractivity contribution in [1.29, 1.82) is 0 Å². The smallest absolute Gasteiger partial charge is 0.215 e. The van der Waals surface area contributed by atoms with Crippen molar-refractivity contribution in [1.82, 2.24) is 10.0 Å². The summed E-state index contributed by atoms with van der Waals surface area (Å²) in [6, 6.07) is 0.0357. The second-order valence-electron chi connectivity index (χ2n) is 4.72. The van der Waals surface area contributed by atoms with Crippen molar-refractivity contribution in [2.24, 2.45) is 0 Å². The van der Waals surface area contributed by atoms with Gasteiger partial charge >= 0.3 is 0 Å². The standard InChI is InChI=1S/C12H28N2O2S/c1-5-7-8-11(3)14-17(15,16)12(4)10-13-9-6-2/h11-14H,5-10H2,1-4H3. The molecule has 0 aromatic rings. The van der Waals surface area contributed by atoms with Crippen LogP contribution in [0.25, 0.3) is 0 Å². The van der Waals surface area contributed by atoms with Gasteiger partial charge in [-0.25, -0.2) is 13.1 Å². The van der Waals surface area contributed by atoms with Gasteiger partial charge in [-0.15, -0.1) is 0 Å². The van der Waals surface area contributed by atoms with Crippen molar-refractivity contribution >= 4 is 10.0 Å². The summed E-state index contributed by atoms with van der Waals surface area (Å²) in [5, 5.41) is 2.76. The molecule has 4 nitrogen and oxygen atoms in total. The van der Waals surface area contributed by atoms with E-state index >= 15 is 0 Å². The molecule has 2 atom stereocenters. The topological polar surface area (TPSA) is 58.2 Å². The molecule has 0 aliphatic rings. The molecular weight excluding hydrogens is 236 g/mol. The van der Waals surface area contributed by atoms with Crippen LogP contribution in [0.4, 0.5) is 0 Å². The Labute approximate surface area is 107 Å². The van der Waals surface area contributed by atoms with Gasteiger partial charge in [0.25, 0.3) is 0 Å². The molecule has 2 unspecified atom stereocenters. The number of unbranched alkanes of at least 4 members (excludes halogenated alkanes) is 1. The average molecular weight is 264 g/mol. The van der Waals surface area contributed by atoms with Crippen LogP contribution in [-0.2, 0) is 10.0 Å². The molecule has 0 fully saturated rings. The summed E-state index contributed by atoms with van der Waals surface area (Å²) in [4.78, 5) is 0. The predicted molar refractivity (Wildman–Crippen MR) is 73.7 cm³/mol. The molecular formula is C12H28N2O2S. The van der Waals surface area contributed by atoms with Crippen molar-refractivity contribution < 1.29 is 8.42 Å². The molecule has 2 N–H and O–H groups in total. The van der Waals surface area contributed by atoms with Crippen molar-refractivity contribution in [3.8, 4) is 0 Å². The van der Waals surface area contributed by atoms with Crippen molar-refractivity contribution in [2.45, 2.75) is 64.7 Å². The van der Waals surface area contributed by atoms with Crippen LogP contribution in [0, 0.1) is 0 Å². The number of rotatable bonds is 10. The molecule has 0 spiro atoms. The Kier molecular flexibility index (Phi) is 8.82. The first kappa shape index (κ1) is 16.9. The number of hydrogen-bond donors (Lipinski definition) is 2. The number of hydrogen-bond acceptors (Lipinski definition) is 3. The SMILES string of the molecule is CCCCC(C)NS(=O)(=O)C(C)CNCCC. The Bertz CT molecular complexity index is 278. The Morgan fingerprint density at radius 1 is 1.12 bits per heavy atom. The van der Waals surface area contributed by atoms with Crippen molar-refractivity contribution in [3.05, 3.63) is 0 Å². The van der Waals surface area contributed by atoms with Gasteiger partial charge in [0, 0.05) is 12.6 Å². The molecule has 0 aliphatic heterocycles. The minimum atomic E-state index is -3.18. The molecule has 0 heterocycles.